The molecule has 4 aromatic rings. The molecule has 5 heteroatoms. The number of esters is 1. The Morgan fingerprint density at radius 1 is 0.895 bits per heavy atom. The third kappa shape index (κ3) is 4.33. The van der Waals surface area contributed by atoms with Crippen molar-refractivity contribution in [1.82, 2.24) is 10.2 Å². The summed E-state index contributed by atoms with van der Waals surface area (Å²) in [5.41, 5.74) is 4.24. The average molecular weight is 507 g/mol. The Kier molecular flexibility index (Phi) is 7.21. The monoisotopic (exact) mass is 506 g/mol. The third-order valence-corrected chi connectivity index (χ3v) is 7.29. The highest BCUT2D eigenvalue weighted by atomic mass is 16.5. The van der Waals surface area contributed by atoms with Gasteiger partial charge in [-0.1, -0.05) is 84.9 Å². The third-order valence-electron chi connectivity index (χ3n) is 7.29. The lowest BCUT2D eigenvalue weighted by Crippen LogP contribution is -2.43. The summed E-state index contributed by atoms with van der Waals surface area (Å²) in [7, 11) is 7.47. The molecule has 5 nitrogen and oxygen atoms in total. The Morgan fingerprint density at radius 2 is 1.47 bits per heavy atom. The summed E-state index contributed by atoms with van der Waals surface area (Å²) in [6, 6.07) is 28.7. The number of carbonyl (C=O) groups is 1. The number of hydrogen-bond acceptors (Lipinski definition) is 5. The van der Waals surface area contributed by atoms with Crippen molar-refractivity contribution >= 4 is 22.8 Å². The Morgan fingerprint density at radius 3 is 2.03 bits per heavy atom. The quantitative estimate of drug-likeness (QED) is 0.296. The van der Waals surface area contributed by atoms with E-state index in [4.69, 9.17) is 9.47 Å². The number of carbonyl (C=O) groups excluding carboxylic acids is 1. The number of benzene rings is 4. The molecule has 0 radical (unpaired) electrons. The van der Waals surface area contributed by atoms with Gasteiger partial charge in [0, 0.05) is 29.1 Å². The number of methoxy groups -OCH3 is 1. The molecule has 38 heavy (non-hydrogen) atoms. The molecule has 0 aromatic heterocycles. The second-order valence-corrected chi connectivity index (χ2v) is 9.86. The Bertz CT molecular complexity index is 1440. The maximum atomic E-state index is 13.4. The number of rotatable bonds is 8. The molecule has 1 N–H and O–H groups in total. The fourth-order valence-electron chi connectivity index (χ4n) is 5.56. The molecule has 1 heterocycles. The van der Waals surface area contributed by atoms with Gasteiger partial charge < -0.3 is 19.7 Å². The highest BCUT2D eigenvalue weighted by molar-refractivity contribution is 6.07. The van der Waals surface area contributed by atoms with E-state index in [1.807, 2.05) is 55.6 Å². The second kappa shape index (κ2) is 10.7. The second-order valence-electron chi connectivity index (χ2n) is 9.86. The van der Waals surface area contributed by atoms with Crippen molar-refractivity contribution in [1.29, 1.82) is 0 Å². The lowest BCUT2D eigenvalue weighted by Gasteiger charge is -2.41. The average Bonchev–Trinajstić information content (AvgIpc) is 2.96. The van der Waals surface area contributed by atoms with Crippen molar-refractivity contribution in [2.45, 2.75) is 18.4 Å². The molecule has 0 saturated carbocycles. The topological polar surface area (TPSA) is 50.8 Å². The molecular formula is C33H34N2O3. The number of fused-ring (bicyclic) bond motifs is 3. The molecule has 0 amide bonds. The number of likely N-dealkylation sites (N-methyl/N-ethyl adjacent to an activating group) is 1. The largest absolute Gasteiger partial charge is 0.470 e. The van der Waals surface area contributed by atoms with Crippen LogP contribution in [0.25, 0.3) is 16.8 Å². The Labute approximate surface area is 224 Å². The fraction of sp³-hybridized carbons (Fsp3) is 0.242. The normalized spacial score (nSPS) is 14.0. The molecule has 194 valence electrons. The van der Waals surface area contributed by atoms with E-state index in [0.717, 1.165) is 58.1 Å². The van der Waals surface area contributed by atoms with E-state index >= 15 is 0 Å². The van der Waals surface area contributed by atoms with Gasteiger partial charge >= 0.3 is 5.97 Å². The molecule has 5 rings (SSSR count). The minimum absolute atomic E-state index is 0.353. The number of ether oxygens (including phenoxy) is 2. The van der Waals surface area contributed by atoms with Crippen LogP contribution in [0.2, 0.25) is 0 Å². The summed E-state index contributed by atoms with van der Waals surface area (Å²) in [6.07, 6.45) is 3.75. The Hall–Kier alpha value is -4.09. The summed E-state index contributed by atoms with van der Waals surface area (Å²) < 4.78 is 12.5. The first-order valence-electron chi connectivity index (χ1n) is 13.0. The molecule has 4 aromatic carbocycles. The van der Waals surface area contributed by atoms with Gasteiger partial charge in [-0.15, -0.1) is 0 Å². The standard InChI is InChI=1S/C33H34N2O3/c1-34-29-22-28-30(32(36)37-4)26(20-13-21-35(2)3)25-18-11-12-19-27(25)31(28)38-33(29,23-14-7-5-8-15-23)24-16-9-6-10-17-24/h5-12,14-19,22,34H,13,20-21H2,1-4H3. The number of aryl methyl sites for hydroxylation is 1. The molecule has 0 bridgehead atoms. The lowest BCUT2D eigenvalue weighted by atomic mass is 9.79. The minimum Gasteiger partial charge on any atom is -0.470 e. The van der Waals surface area contributed by atoms with Gasteiger partial charge in [-0.3, -0.25) is 0 Å². The summed E-state index contributed by atoms with van der Waals surface area (Å²) in [5, 5.41) is 5.42. The fourth-order valence-corrected chi connectivity index (χ4v) is 5.56. The summed E-state index contributed by atoms with van der Waals surface area (Å²) in [6.45, 7) is 0.922. The number of nitrogens with one attached hydrogen (secondary N) is 1. The van der Waals surface area contributed by atoms with E-state index in [1.165, 1.54) is 7.11 Å². The van der Waals surface area contributed by atoms with Gasteiger partial charge in [-0.2, -0.15) is 0 Å². The van der Waals surface area contributed by atoms with Crippen molar-refractivity contribution in [2.24, 2.45) is 0 Å². The van der Waals surface area contributed by atoms with Gasteiger partial charge in [0.25, 0.3) is 0 Å². The van der Waals surface area contributed by atoms with Crippen LogP contribution in [0.1, 0.15) is 39.0 Å². The van der Waals surface area contributed by atoms with Crippen molar-refractivity contribution < 1.29 is 14.3 Å². The van der Waals surface area contributed by atoms with E-state index in [2.05, 4.69) is 66.8 Å². The summed E-state index contributed by atoms with van der Waals surface area (Å²) in [4.78, 5) is 15.6. The summed E-state index contributed by atoms with van der Waals surface area (Å²) >= 11 is 0. The zero-order valence-corrected chi connectivity index (χ0v) is 22.5. The minimum atomic E-state index is -0.924. The van der Waals surface area contributed by atoms with Crippen LogP contribution in [0.15, 0.2) is 90.6 Å². The van der Waals surface area contributed by atoms with Gasteiger partial charge in [0.2, 0.25) is 0 Å². The molecule has 1 aliphatic heterocycles. The predicted molar refractivity (Wildman–Crippen MR) is 153 cm³/mol. The smallest absolute Gasteiger partial charge is 0.338 e. The molecule has 0 saturated heterocycles. The molecule has 0 unspecified atom stereocenters. The van der Waals surface area contributed by atoms with Gasteiger partial charge in [-0.05, 0) is 50.5 Å². The van der Waals surface area contributed by atoms with Gasteiger partial charge in [0.15, 0.2) is 5.60 Å². The number of nitrogens with zero attached hydrogens (tertiary/aromatic N) is 1. The number of hydrogen-bond donors (Lipinski definition) is 1. The highest BCUT2D eigenvalue weighted by Crippen LogP contribution is 2.50. The zero-order valence-electron chi connectivity index (χ0n) is 22.5. The van der Waals surface area contributed by atoms with Crippen molar-refractivity contribution in [2.75, 3.05) is 34.8 Å². The van der Waals surface area contributed by atoms with Gasteiger partial charge in [0.1, 0.15) is 5.75 Å². The molecular weight excluding hydrogens is 472 g/mol. The Balaban J connectivity index is 1.84. The van der Waals surface area contributed by atoms with Crippen LogP contribution in [0.4, 0.5) is 0 Å². The first-order chi connectivity index (χ1) is 18.5. The maximum absolute atomic E-state index is 13.4. The van der Waals surface area contributed by atoms with E-state index in [0.29, 0.717) is 11.3 Å². The van der Waals surface area contributed by atoms with Crippen LogP contribution in [-0.2, 0) is 16.8 Å². The molecule has 0 fully saturated rings. The summed E-state index contributed by atoms with van der Waals surface area (Å²) in [5.74, 6) is 0.332. The SMILES string of the molecule is CNC1=Cc2c(C(=O)OC)c(CCCN(C)C)c3ccccc3c2OC1(c1ccccc1)c1ccccc1. The first kappa shape index (κ1) is 25.6. The van der Waals surface area contributed by atoms with Gasteiger partial charge in [-0.25, -0.2) is 4.79 Å². The van der Waals surface area contributed by atoms with E-state index in [1.54, 1.807) is 0 Å². The van der Waals surface area contributed by atoms with Crippen LogP contribution >= 0.6 is 0 Å². The predicted octanol–water partition coefficient (Wildman–Crippen LogP) is 6.02. The first-order valence-corrected chi connectivity index (χ1v) is 13.0. The van der Waals surface area contributed by atoms with Crippen LogP contribution in [0, 0.1) is 0 Å². The molecule has 0 aliphatic carbocycles. The van der Waals surface area contributed by atoms with E-state index in [-0.39, 0.29) is 5.97 Å². The molecule has 1 aliphatic rings. The molecule has 0 atom stereocenters. The van der Waals surface area contributed by atoms with Crippen molar-refractivity contribution in [3.63, 3.8) is 0 Å². The zero-order chi connectivity index (χ0) is 26.7. The van der Waals surface area contributed by atoms with Crippen LogP contribution < -0.4 is 10.1 Å². The van der Waals surface area contributed by atoms with E-state index < -0.39 is 5.60 Å². The van der Waals surface area contributed by atoms with Crippen molar-refractivity contribution in [3.05, 3.63) is 118 Å². The van der Waals surface area contributed by atoms with Crippen LogP contribution in [-0.4, -0.2) is 45.7 Å². The molecule has 0 spiro atoms. The van der Waals surface area contributed by atoms with Crippen molar-refractivity contribution in [3.8, 4) is 5.75 Å². The highest BCUT2D eigenvalue weighted by Gasteiger charge is 2.45. The maximum Gasteiger partial charge on any atom is 0.338 e. The van der Waals surface area contributed by atoms with Crippen LogP contribution in [0.5, 0.6) is 5.75 Å². The van der Waals surface area contributed by atoms with E-state index in [9.17, 15) is 4.79 Å². The van der Waals surface area contributed by atoms with Crippen LogP contribution in [0.3, 0.4) is 0 Å². The van der Waals surface area contributed by atoms with Gasteiger partial charge in [0.05, 0.1) is 18.4 Å². The lowest BCUT2D eigenvalue weighted by molar-refractivity contribution is 0.0597.